The van der Waals surface area contributed by atoms with Gasteiger partial charge in [0.25, 0.3) is 11.8 Å². The Hall–Kier alpha value is -2.77. The van der Waals surface area contributed by atoms with E-state index in [0.717, 1.165) is 5.56 Å². The van der Waals surface area contributed by atoms with E-state index in [4.69, 9.17) is 0 Å². The number of hydrogen-bond donors (Lipinski definition) is 2. The topological polar surface area (TPSA) is 88.9 Å². The average molecular weight is 303 g/mol. The van der Waals surface area contributed by atoms with Crippen molar-refractivity contribution in [1.82, 2.24) is 25.6 Å². The molecular weight excluding hydrogens is 289 g/mol. The molecule has 2 amide bonds. The SMILES string of the molecule is C[C@H]1Cn2nnc(C(=O)NCc3ccc(F)cc3)c2C(=O)N1. The largest absolute Gasteiger partial charge is 0.346 e. The van der Waals surface area contributed by atoms with E-state index in [9.17, 15) is 14.0 Å². The van der Waals surface area contributed by atoms with Crippen LogP contribution in [0.5, 0.6) is 0 Å². The van der Waals surface area contributed by atoms with Crippen LogP contribution >= 0.6 is 0 Å². The Balaban J connectivity index is 1.73. The highest BCUT2D eigenvalue weighted by atomic mass is 19.1. The molecule has 0 spiro atoms. The van der Waals surface area contributed by atoms with Crippen molar-refractivity contribution < 1.29 is 14.0 Å². The van der Waals surface area contributed by atoms with Gasteiger partial charge < -0.3 is 10.6 Å². The molecule has 1 aromatic carbocycles. The van der Waals surface area contributed by atoms with Crippen molar-refractivity contribution in [2.24, 2.45) is 0 Å². The third-order valence-corrected chi connectivity index (χ3v) is 3.36. The first kappa shape index (κ1) is 14.2. The summed E-state index contributed by atoms with van der Waals surface area (Å²) in [5.41, 5.74) is 0.898. The zero-order valence-corrected chi connectivity index (χ0v) is 11.8. The molecule has 2 heterocycles. The molecule has 0 fully saturated rings. The summed E-state index contributed by atoms with van der Waals surface area (Å²) in [6.07, 6.45) is 0. The van der Waals surface area contributed by atoms with Gasteiger partial charge in [-0.05, 0) is 24.6 Å². The number of carbonyl (C=O) groups excluding carboxylic acids is 2. The van der Waals surface area contributed by atoms with Crippen molar-refractivity contribution in [3.05, 3.63) is 47.0 Å². The molecule has 0 unspecified atom stereocenters. The van der Waals surface area contributed by atoms with Crippen LogP contribution < -0.4 is 10.6 Å². The molecule has 7 nitrogen and oxygen atoms in total. The third-order valence-electron chi connectivity index (χ3n) is 3.36. The van der Waals surface area contributed by atoms with Crippen molar-refractivity contribution >= 4 is 11.8 Å². The molecule has 0 radical (unpaired) electrons. The Morgan fingerprint density at radius 1 is 1.45 bits per heavy atom. The number of hydrogen-bond acceptors (Lipinski definition) is 4. The predicted molar refractivity (Wildman–Crippen MR) is 74.5 cm³/mol. The van der Waals surface area contributed by atoms with Gasteiger partial charge in [0, 0.05) is 12.6 Å². The quantitative estimate of drug-likeness (QED) is 0.863. The average Bonchev–Trinajstić information content (AvgIpc) is 2.90. The molecule has 1 aliphatic rings. The van der Waals surface area contributed by atoms with Crippen molar-refractivity contribution in [3.8, 4) is 0 Å². The lowest BCUT2D eigenvalue weighted by atomic mass is 10.2. The van der Waals surface area contributed by atoms with Crippen LogP contribution in [-0.4, -0.2) is 32.9 Å². The number of aromatic nitrogens is 3. The number of amides is 2. The number of benzene rings is 1. The minimum Gasteiger partial charge on any atom is -0.346 e. The van der Waals surface area contributed by atoms with E-state index in [2.05, 4.69) is 20.9 Å². The van der Waals surface area contributed by atoms with Gasteiger partial charge in [0.2, 0.25) is 0 Å². The molecule has 0 bridgehead atoms. The summed E-state index contributed by atoms with van der Waals surface area (Å²) in [5, 5.41) is 13.0. The molecular formula is C14H14FN5O2. The van der Waals surface area contributed by atoms with Gasteiger partial charge in [0.05, 0.1) is 6.54 Å². The second-order valence-corrected chi connectivity index (χ2v) is 5.15. The minimum atomic E-state index is -0.490. The Bertz CT molecular complexity index is 725. The maximum Gasteiger partial charge on any atom is 0.274 e. The van der Waals surface area contributed by atoms with E-state index >= 15 is 0 Å². The first-order valence-electron chi connectivity index (χ1n) is 6.81. The summed E-state index contributed by atoms with van der Waals surface area (Å²) in [5.74, 6) is -1.20. The predicted octanol–water partition coefficient (Wildman–Crippen LogP) is 0.479. The normalized spacial score (nSPS) is 16.8. The van der Waals surface area contributed by atoms with E-state index in [1.807, 2.05) is 6.92 Å². The summed E-state index contributed by atoms with van der Waals surface area (Å²) >= 11 is 0. The summed E-state index contributed by atoms with van der Waals surface area (Å²) < 4.78 is 14.2. The van der Waals surface area contributed by atoms with Gasteiger partial charge in [-0.25, -0.2) is 9.07 Å². The molecule has 114 valence electrons. The van der Waals surface area contributed by atoms with E-state index < -0.39 is 5.91 Å². The number of nitrogens with one attached hydrogen (secondary N) is 2. The van der Waals surface area contributed by atoms with Crippen LogP contribution in [0.25, 0.3) is 0 Å². The summed E-state index contributed by atoms with van der Waals surface area (Å²) in [4.78, 5) is 24.1. The standard InChI is InChI=1S/C14H14FN5O2/c1-8-7-20-12(14(22)17-8)11(18-19-20)13(21)16-6-9-2-4-10(15)5-3-9/h2-5,8H,6-7H2,1H3,(H,16,21)(H,17,22)/t8-/m0/s1. The van der Waals surface area contributed by atoms with Gasteiger partial charge in [-0.3, -0.25) is 9.59 Å². The maximum atomic E-state index is 12.8. The van der Waals surface area contributed by atoms with Crippen LogP contribution in [0.2, 0.25) is 0 Å². The third kappa shape index (κ3) is 2.67. The van der Waals surface area contributed by atoms with E-state index in [1.54, 1.807) is 12.1 Å². The van der Waals surface area contributed by atoms with Gasteiger partial charge in [-0.2, -0.15) is 0 Å². The van der Waals surface area contributed by atoms with Crippen molar-refractivity contribution in [3.63, 3.8) is 0 Å². The zero-order valence-electron chi connectivity index (χ0n) is 11.8. The smallest absolute Gasteiger partial charge is 0.274 e. The molecule has 8 heteroatoms. The Kier molecular flexibility index (Phi) is 3.58. The van der Waals surface area contributed by atoms with Crippen LogP contribution in [0.3, 0.4) is 0 Å². The first-order chi connectivity index (χ1) is 10.5. The van der Waals surface area contributed by atoms with Crippen LogP contribution in [0.4, 0.5) is 4.39 Å². The van der Waals surface area contributed by atoms with E-state index in [-0.39, 0.29) is 35.7 Å². The molecule has 22 heavy (non-hydrogen) atoms. The summed E-state index contributed by atoms with van der Waals surface area (Å²) in [6, 6.07) is 5.72. The number of nitrogens with zero attached hydrogens (tertiary/aromatic N) is 3. The Morgan fingerprint density at radius 3 is 2.91 bits per heavy atom. The number of carbonyl (C=O) groups is 2. The second-order valence-electron chi connectivity index (χ2n) is 5.15. The fraction of sp³-hybridized carbons (Fsp3) is 0.286. The number of fused-ring (bicyclic) bond motifs is 1. The van der Waals surface area contributed by atoms with Crippen molar-refractivity contribution in [1.29, 1.82) is 0 Å². The molecule has 2 aromatic rings. The minimum absolute atomic E-state index is 0.00786. The molecule has 1 aromatic heterocycles. The maximum absolute atomic E-state index is 12.8. The summed E-state index contributed by atoms with van der Waals surface area (Å²) in [7, 11) is 0. The lowest BCUT2D eigenvalue weighted by molar-refractivity contribution is 0.0880. The van der Waals surface area contributed by atoms with Crippen LogP contribution in [0, 0.1) is 5.82 Å². The van der Waals surface area contributed by atoms with Gasteiger partial charge in [-0.1, -0.05) is 17.3 Å². The lowest BCUT2D eigenvalue weighted by Crippen LogP contribution is -2.43. The molecule has 3 rings (SSSR count). The summed E-state index contributed by atoms with van der Waals surface area (Å²) in [6.45, 7) is 2.53. The van der Waals surface area contributed by atoms with E-state index in [1.165, 1.54) is 16.8 Å². The lowest BCUT2D eigenvalue weighted by Gasteiger charge is -2.20. The molecule has 0 saturated heterocycles. The van der Waals surface area contributed by atoms with Crippen molar-refractivity contribution in [2.75, 3.05) is 0 Å². The van der Waals surface area contributed by atoms with Gasteiger partial charge in [0.15, 0.2) is 11.4 Å². The monoisotopic (exact) mass is 303 g/mol. The number of rotatable bonds is 3. The molecule has 0 aliphatic carbocycles. The molecule has 1 aliphatic heterocycles. The molecule has 1 atom stereocenters. The highest BCUT2D eigenvalue weighted by molar-refractivity contribution is 6.05. The first-order valence-corrected chi connectivity index (χ1v) is 6.81. The fourth-order valence-corrected chi connectivity index (χ4v) is 2.28. The highest BCUT2D eigenvalue weighted by Gasteiger charge is 2.30. The van der Waals surface area contributed by atoms with Gasteiger partial charge >= 0.3 is 0 Å². The fourth-order valence-electron chi connectivity index (χ4n) is 2.28. The van der Waals surface area contributed by atoms with Crippen LogP contribution in [0.1, 0.15) is 33.5 Å². The van der Waals surface area contributed by atoms with Crippen LogP contribution in [0.15, 0.2) is 24.3 Å². The molecule has 0 saturated carbocycles. The van der Waals surface area contributed by atoms with Gasteiger partial charge in [-0.15, -0.1) is 5.10 Å². The molecule has 2 N–H and O–H groups in total. The zero-order chi connectivity index (χ0) is 15.7. The number of halogens is 1. The Labute approximate surface area is 125 Å². The van der Waals surface area contributed by atoms with Crippen molar-refractivity contribution in [2.45, 2.75) is 26.1 Å². The van der Waals surface area contributed by atoms with E-state index in [0.29, 0.717) is 6.54 Å². The highest BCUT2D eigenvalue weighted by Crippen LogP contribution is 2.12. The van der Waals surface area contributed by atoms with Gasteiger partial charge in [0.1, 0.15) is 5.82 Å². The van der Waals surface area contributed by atoms with Crippen LogP contribution in [-0.2, 0) is 13.1 Å². The Morgan fingerprint density at radius 2 is 2.18 bits per heavy atom. The second kappa shape index (κ2) is 5.55.